The molecule has 4 heterocycles. The minimum Gasteiger partial charge on any atom is -0.378 e. The van der Waals surface area contributed by atoms with Crippen molar-refractivity contribution in [3.05, 3.63) is 60.1 Å². The molecular formula is C25H27N7O2. The minimum absolute atomic E-state index is 0.431. The molecule has 0 spiro atoms. The van der Waals surface area contributed by atoms with Crippen LogP contribution in [0.2, 0.25) is 0 Å². The summed E-state index contributed by atoms with van der Waals surface area (Å²) in [6, 6.07) is 9.80. The summed E-state index contributed by atoms with van der Waals surface area (Å²) in [6.07, 6.45) is 8.33. The van der Waals surface area contributed by atoms with E-state index < -0.39 is 6.04 Å². The number of pyridine rings is 1. The Bertz CT molecular complexity index is 1190. The number of hydrogen-bond acceptors (Lipinski definition) is 9. The molecule has 1 saturated heterocycles. The largest absolute Gasteiger partial charge is 0.378 e. The van der Waals surface area contributed by atoms with E-state index in [-0.39, 0.29) is 0 Å². The van der Waals surface area contributed by atoms with Gasteiger partial charge in [-0.2, -0.15) is 0 Å². The van der Waals surface area contributed by atoms with Crippen LogP contribution >= 0.6 is 0 Å². The zero-order valence-corrected chi connectivity index (χ0v) is 19.2. The summed E-state index contributed by atoms with van der Waals surface area (Å²) in [6.45, 7) is 3.27. The van der Waals surface area contributed by atoms with Crippen molar-refractivity contribution < 1.29 is 9.53 Å². The van der Waals surface area contributed by atoms with Gasteiger partial charge in [-0.1, -0.05) is 0 Å². The van der Waals surface area contributed by atoms with Crippen LogP contribution in [0.1, 0.15) is 17.2 Å². The van der Waals surface area contributed by atoms with E-state index in [2.05, 4.69) is 37.6 Å². The quantitative estimate of drug-likeness (QED) is 0.541. The highest BCUT2D eigenvalue weighted by atomic mass is 16.5. The van der Waals surface area contributed by atoms with Crippen LogP contribution in [0.15, 0.2) is 48.9 Å². The number of carbonyl (C=O) groups is 1. The van der Waals surface area contributed by atoms with Crippen LogP contribution in [-0.2, 0) is 9.53 Å². The first-order chi connectivity index (χ1) is 16.7. The van der Waals surface area contributed by atoms with Crippen molar-refractivity contribution in [1.29, 1.82) is 0 Å². The van der Waals surface area contributed by atoms with Gasteiger partial charge >= 0.3 is 0 Å². The highest BCUT2D eigenvalue weighted by Gasteiger charge is 2.26. The molecule has 174 valence electrons. The van der Waals surface area contributed by atoms with Gasteiger partial charge in [0, 0.05) is 68.3 Å². The number of rotatable bonds is 6. The van der Waals surface area contributed by atoms with Crippen LogP contribution in [0.5, 0.6) is 0 Å². The van der Waals surface area contributed by atoms with Gasteiger partial charge in [0.25, 0.3) is 0 Å². The van der Waals surface area contributed by atoms with Crippen molar-refractivity contribution in [2.75, 3.05) is 55.9 Å². The Hall–Kier alpha value is -3.98. The Morgan fingerprint density at radius 1 is 1.12 bits per heavy atom. The van der Waals surface area contributed by atoms with E-state index in [9.17, 15) is 4.79 Å². The molecule has 2 aromatic heterocycles. The van der Waals surface area contributed by atoms with Gasteiger partial charge in [0.05, 0.1) is 18.9 Å². The molecule has 1 aromatic carbocycles. The Morgan fingerprint density at radius 2 is 1.85 bits per heavy atom. The molecule has 1 fully saturated rings. The molecule has 0 radical (unpaired) electrons. The number of ether oxygens (including phenoxy) is 1. The number of aromatic nitrogens is 3. The Balaban J connectivity index is 1.51. The number of fused-ring (bicyclic) bond motifs is 1. The first-order valence-electron chi connectivity index (χ1n) is 11.3. The van der Waals surface area contributed by atoms with Crippen LogP contribution < -0.4 is 15.5 Å². The van der Waals surface area contributed by atoms with Gasteiger partial charge in [-0.15, -0.1) is 0 Å². The van der Waals surface area contributed by atoms with Gasteiger partial charge in [0.15, 0.2) is 0 Å². The molecule has 0 amide bonds. The fourth-order valence-corrected chi connectivity index (χ4v) is 4.23. The van der Waals surface area contributed by atoms with E-state index >= 15 is 0 Å². The lowest BCUT2D eigenvalue weighted by atomic mass is 9.96. The van der Waals surface area contributed by atoms with Gasteiger partial charge in [-0.25, -0.2) is 15.0 Å². The number of benzene rings is 1. The van der Waals surface area contributed by atoms with Crippen molar-refractivity contribution >= 4 is 35.5 Å². The summed E-state index contributed by atoms with van der Waals surface area (Å²) in [5.41, 5.74) is 5.36. The van der Waals surface area contributed by atoms with Crippen molar-refractivity contribution in [2.45, 2.75) is 6.04 Å². The van der Waals surface area contributed by atoms with E-state index in [0.717, 1.165) is 66.3 Å². The predicted molar refractivity (Wildman–Crippen MR) is 133 cm³/mol. The number of nitrogens with zero attached hydrogens (tertiary/aromatic N) is 5. The second kappa shape index (κ2) is 9.48. The van der Waals surface area contributed by atoms with Gasteiger partial charge < -0.3 is 30.0 Å². The molecule has 2 N–H and O–H groups in total. The monoisotopic (exact) mass is 457 g/mol. The van der Waals surface area contributed by atoms with Gasteiger partial charge in [-0.3, -0.25) is 0 Å². The molecule has 34 heavy (non-hydrogen) atoms. The number of hydrogen-bond donors (Lipinski definition) is 2. The number of carbonyl (C=O) groups excluding carboxylic acids is 1. The molecule has 1 unspecified atom stereocenters. The number of aldehydes is 1. The highest BCUT2D eigenvalue weighted by Crippen LogP contribution is 2.37. The van der Waals surface area contributed by atoms with E-state index in [4.69, 9.17) is 9.72 Å². The third kappa shape index (κ3) is 4.29. The summed E-state index contributed by atoms with van der Waals surface area (Å²) < 4.78 is 5.45. The molecule has 5 rings (SSSR count). The lowest BCUT2D eigenvalue weighted by Gasteiger charge is -2.30. The summed E-state index contributed by atoms with van der Waals surface area (Å²) in [5, 5.41) is 6.38. The topological polar surface area (TPSA) is 95.5 Å². The third-order valence-corrected chi connectivity index (χ3v) is 6.12. The summed E-state index contributed by atoms with van der Waals surface area (Å²) in [5.74, 6) is 1.18. The van der Waals surface area contributed by atoms with E-state index in [1.165, 1.54) is 0 Å². The maximum atomic E-state index is 12.0. The highest BCUT2D eigenvalue weighted by molar-refractivity contribution is 5.80. The SMILES string of the molecule is CNc1ncc(-c2cc3c(c(Nc4ccc(N5CCOCC5)cc4)n2)C(C=O)N(C)C=C3)cn1. The van der Waals surface area contributed by atoms with E-state index in [1.807, 2.05) is 42.4 Å². The smallest absolute Gasteiger partial charge is 0.222 e. The second-order valence-electron chi connectivity index (χ2n) is 8.24. The third-order valence-electron chi connectivity index (χ3n) is 6.12. The van der Waals surface area contributed by atoms with Crippen molar-refractivity contribution in [1.82, 2.24) is 19.9 Å². The van der Waals surface area contributed by atoms with Crippen LogP contribution in [0.3, 0.4) is 0 Å². The molecule has 0 aliphatic carbocycles. The molecule has 9 nitrogen and oxygen atoms in total. The first-order valence-corrected chi connectivity index (χ1v) is 11.3. The Kier molecular flexibility index (Phi) is 6.09. The molecule has 9 heteroatoms. The predicted octanol–water partition coefficient (Wildman–Crippen LogP) is 3.32. The molecular weight excluding hydrogens is 430 g/mol. The molecule has 2 aliphatic rings. The van der Waals surface area contributed by atoms with Crippen molar-refractivity contribution in [2.24, 2.45) is 0 Å². The summed E-state index contributed by atoms with van der Waals surface area (Å²) in [4.78, 5) is 29.7. The number of anilines is 4. The van der Waals surface area contributed by atoms with Crippen LogP contribution in [0.25, 0.3) is 17.3 Å². The zero-order valence-electron chi connectivity index (χ0n) is 19.2. The lowest BCUT2D eigenvalue weighted by molar-refractivity contribution is -0.111. The normalized spacial score (nSPS) is 17.3. The van der Waals surface area contributed by atoms with Gasteiger partial charge in [0.1, 0.15) is 18.1 Å². The second-order valence-corrected chi connectivity index (χ2v) is 8.24. The standard InChI is InChI=1S/C25H27N7O2/c1-26-25-27-14-18(15-28-25)21-13-17-7-8-31(2)22(16-33)23(17)24(30-21)29-19-3-5-20(6-4-19)32-9-11-34-12-10-32/h3-8,13-16,22H,9-12H2,1-2H3,(H,29,30)(H,26,27,28). The van der Waals surface area contributed by atoms with Crippen LogP contribution in [0.4, 0.5) is 23.1 Å². The fourth-order valence-electron chi connectivity index (χ4n) is 4.23. The Labute approximate surface area is 198 Å². The molecule has 2 aliphatic heterocycles. The van der Waals surface area contributed by atoms with E-state index in [0.29, 0.717) is 11.8 Å². The number of nitrogens with one attached hydrogen (secondary N) is 2. The first kappa shape index (κ1) is 21.8. The van der Waals surface area contributed by atoms with Gasteiger partial charge in [-0.05, 0) is 42.0 Å². The molecule has 1 atom stereocenters. The number of likely N-dealkylation sites (N-methyl/N-ethyl adjacent to an activating group) is 1. The molecule has 0 saturated carbocycles. The lowest BCUT2D eigenvalue weighted by Crippen LogP contribution is -2.36. The molecule has 3 aromatic rings. The zero-order chi connectivity index (χ0) is 23.5. The van der Waals surface area contributed by atoms with Crippen molar-refractivity contribution in [3.8, 4) is 11.3 Å². The van der Waals surface area contributed by atoms with Crippen LogP contribution in [-0.4, -0.2) is 66.5 Å². The molecule has 0 bridgehead atoms. The summed E-state index contributed by atoms with van der Waals surface area (Å²) in [7, 11) is 3.66. The van der Waals surface area contributed by atoms with E-state index in [1.54, 1.807) is 19.4 Å². The van der Waals surface area contributed by atoms with Crippen molar-refractivity contribution in [3.63, 3.8) is 0 Å². The minimum atomic E-state index is -0.431. The average molecular weight is 458 g/mol. The Morgan fingerprint density at radius 3 is 2.53 bits per heavy atom. The fraction of sp³-hybridized carbons (Fsp3) is 0.280. The number of morpholine rings is 1. The van der Waals surface area contributed by atoms with Gasteiger partial charge in [0.2, 0.25) is 5.95 Å². The maximum absolute atomic E-state index is 12.0. The summed E-state index contributed by atoms with van der Waals surface area (Å²) >= 11 is 0. The average Bonchev–Trinajstić information content (AvgIpc) is 2.89. The van der Waals surface area contributed by atoms with Crippen LogP contribution in [0, 0.1) is 0 Å². The maximum Gasteiger partial charge on any atom is 0.222 e.